The Morgan fingerprint density at radius 2 is 2.24 bits per heavy atom. The Morgan fingerprint density at radius 1 is 1.52 bits per heavy atom. The standard InChI is InChI=1S/C14H17FN2O3S/c1-3-12-17(11(7-21-12)13(18)19)14(20)16-10-6-9(15)5-4-8(10)2/h4-6,11-12H,3,7H2,1-2H3,(H,16,20)(H,18,19). The van der Waals surface area contributed by atoms with E-state index in [4.69, 9.17) is 0 Å². The van der Waals surface area contributed by atoms with Crippen LogP contribution in [0.5, 0.6) is 0 Å². The van der Waals surface area contributed by atoms with Gasteiger partial charge in [0.25, 0.3) is 0 Å². The van der Waals surface area contributed by atoms with Gasteiger partial charge in [-0.15, -0.1) is 11.8 Å². The molecule has 2 amide bonds. The van der Waals surface area contributed by atoms with E-state index in [-0.39, 0.29) is 5.37 Å². The fourth-order valence-corrected chi connectivity index (χ4v) is 3.60. The fraction of sp³-hybridized carbons (Fsp3) is 0.429. The van der Waals surface area contributed by atoms with E-state index < -0.39 is 23.9 Å². The molecule has 1 aliphatic heterocycles. The van der Waals surface area contributed by atoms with Crippen molar-refractivity contribution in [2.45, 2.75) is 31.7 Å². The quantitative estimate of drug-likeness (QED) is 0.900. The van der Waals surface area contributed by atoms with Crippen LogP contribution in [0, 0.1) is 12.7 Å². The Morgan fingerprint density at radius 3 is 2.86 bits per heavy atom. The lowest BCUT2D eigenvalue weighted by Crippen LogP contribution is -2.47. The van der Waals surface area contributed by atoms with Crippen molar-refractivity contribution in [1.82, 2.24) is 4.90 Å². The lowest BCUT2D eigenvalue weighted by atomic mass is 10.2. The van der Waals surface area contributed by atoms with Crippen LogP contribution in [0.3, 0.4) is 0 Å². The first-order valence-electron chi connectivity index (χ1n) is 6.64. The number of amides is 2. The Labute approximate surface area is 126 Å². The van der Waals surface area contributed by atoms with Crippen molar-refractivity contribution in [2.75, 3.05) is 11.1 Å². The zero-order chi connectivity index (χ0) is 15.6. The van der Waals surface area contributed by atoms with Gasteiger partial charge in [0.15, 0.2) is 0 Å². The minimum Gasteiger partial charge on any atom is -0.480 e. The van der Waals surface area contributed by atoms with Gasteiger partial charge in [-0.25, -0.2) is 14.0 Å². The normalized spacial score (nSPS) is 21.4. The van der Waals surface area contributed by atoms with Gasteiger partial charge in [0, 0.05) is 11.4 Å². The second-order valence-corrected chi connectivity index (χ2v) is 6.06. The molecule has 0 radical (unpaired) electrons. The Balaban J connectivity index is 2.21. The number of rotatable bonds is 3. The van der Waals surface area contributed by atoms with Gasteiger partial charge in [-0.2, -0.15) is 0 Å². The van der Waals surface area contributed by atoms with E-state index in [0.29, 0.717) is 17.9 Å². The van der Waals surface area contributed by atoms with Gasteiger partial charge in [0.2, 0.25) is 0 Å². The highest BCUT2D eigenvalue weighted by Gasteiger charge is 2.40. The minimum atomic E-state index is -1.02. The number of nitrogens with one attached hydrogen (secondary N) is 1. The van der Waals surface area contributed by atoms with E-state index >= 15 is 0 Å². The Kier molecular flexibility index (Phi) is 4.72. The lowest BCUT2D eigenvalue weighted by Gasteiger charge is -2.27. The average molecular weight is 312 g/mol. The molecule has 2 atom stereocenters. The van der Waals surface area contributed by atoms with Crippen LogP contribution in [0.4, 0.5) is 14.9 Å². The molecule has 1 aromatic carbocycles. The highest BCUT2D eigenvalue weighted by molar-refractivity contribution is 8.00. The summed E-state index contributed by atoms with van der Waals surface area (Å²) in [6.07, 6.45) is 0.657. The molecule has 2 unspecified atom stereocenters. The molecule has 1 heterocycles. The van der Waals surface area contributed by atoms with Crippen molar-refractivity contribution in [3.8, 4) is 0 Å². The molecule has 0 saturated carbocycles. The van der Waals surface area contributed by atoms with Crippen molar-refractivity contribution in [1.29, 1.82) is 0 Å². The van der Waals surface area contributed by atoms with E-state index in [0.717, 1.165) is 5.56 Å². The first-order chi connectivity index (χ1) is 9.93. The van der Waals surface area contributed by atoms with Crippen LogP contribution in [0.15, 0.2) is 18.2 Å². The first-order valence-corrected chi connectivity index (χ1v) is 7.68. The van der Waals surface area contributed by atoms with Crippen molar-refractivity contribution in [3.63, 3.8) is 0 Å². The van der Waals surface area contributed by atoms with Crippen LogP contribution in [-0.2, 0) is 4.79 Å². The number of halogens is 1. The molecule has 0 aliphatic carbocycles. The molecule has 21 heavy (non-hydrogen) atoms. The van der Waals surface area contributed by atoms with Crippen LogP contribution in [0.2, 0.25) is 0 Å². The third-order valence-corrected chi connectivity index (χ3v) is 4.86. The van der Waals surface area contributed by atoms with Crippen molar-refractivity contribution in [3.05, 3.63) is 29.6 Å². The number of carbonyl (C=O) groups is 2. The van der Waals surface area contributed by atoms with Crippen molar-refractivity contribution < 1.29 is 19.1 Å². The van der Waals surface area contributed by atoms with E-state index in [1.54, 1.807) is 13.0 Å². The summed E-state index contributed by atoms with van der Waals surface area (Å²) < 4.78 is 13.3. The molecule has 2 rings (SSSR count). The number of nitrogens with zero attached hydrogens (tertiary/aromatic N) is 1. The third kappa shape index (κ3) is 3.29. The zero-order valence-corrected chi connectivity index (χ0v) is 12.6. The highest BCUT2D eigenvalue weighted by atomic mass is 32.2. The monoisotopic (exact) mass is 312 g/mol. The number of hydrogen-bond acceptors (Lipinski definition) is 3. The molecule has 0 aromatic heterocycles. The number of carbonyl (C=O) groups excluding carboxylic acids is 1. The van der Waals surface area contributed by atoms with E-state index in [2.05, 4.69) is 5.32 Å². The van der Waals surface area contributed by atoms with E-state index in [1.165, 1.54) is 28.8 Å². The SMILES string of the molecule is CCC1SCC(C(=O)O)N1C(=O)Nc1cc(F)ccc1C. The summed E-state index contributed by atoms with van der Waals surface area (Å²) in [7, 11) is 0. The van der Waals surface area contributed by atoms with Crippen LogP contribution < -0.4 is 5.32 Å². The van der Waals surface area contributed by atoms with Crippen LogP contribution in [-0.4, -0.2) is 39.2 Å². The van der Waals surface area contributed by atoms with Gasteiger partial charge in [0.05, 0.1) is 5.37 Å². The topological polar surface area (TPSA) is 69.6 Å². The van der Waals surface area contributed by atoms with Crippen LogP contribution >= 0.6 is 11.8 Å². The van der Waals surface area contributed by atoms with Gasteiger partial charge in [-0.3, -0.25) is 4.90 Å². The molecule has 114 valence electrons. The van der Waals surface area contributed by atoms with Gasteiger partial charge < -0.3 is 10.4 Å². The number of thioether (sulfide) groups is 1. The second-order valence-electron chi connectivity index (χ2n) is 4.85. The molecule has 5 nitrogen and oxygen atoms in total. The lowest BCUT2D eigenvalue weighted by molar-refractivity contribution is -0.141. The summed E-state index contributed by atoms with van der Waals surface area (Å²) in [6, 6.07) is 2.75. The molecule has 1 aliphatic rings. The van der Waals surface area contributed by atoms with E-state index in [9.17, 15) is 19.1 Å². The molecule has 7 heteroatoms. The molecule has 1 aromatic rings. The number of carboxylic acid groups (broad SMARTS) is 1. The third-order valence-electron chi connectivity index (χ3n) is 3.40. The first kappa shape index (κ1) is 15.6. The van der Waals surface area contributed by atoms with E-state index in [1.807, 2.05) is 6.92 Å². The van der Waals surface area contributed by atoms with Gasteiger partial charge in [0.1, 0.15) is 11.9 Å². The largest absolute Gasteiger partial charge is 0.480 e. The van der Waals surface area contributed by atoms with Crippen molar-refractivity contribution in [2.24, 2.45) is 0 Å². The summed E-state index contributed by atoms with van der Waals surface area (Å²) in [5, 5.41) is 11.6. The molecular formula is C14H17FN2O3S. The molecule has 0 spiro atoms. The molecule has 2 N–H and O–H groups in total. The minimum absolute atomic E-state index is 0.181. The predicted molar refractivity (Wildman–Crippen MR) is 80.0 cm³/mol. The fourth-order valence-electron chi connectivity index (χ4n) is 2.25. The second kappa shape index (κ2) is 6.34. The summed E-state index contributed by atoms with van der Waals surface area (Å²) in [5.41, 5.74) is 1.08. The maximum absolute atomic E-state index is 13.3. The number of aliphatic carboxylic acids is 1. The summed E-state index contributed by atoms with van der Waals surface area (Å²) in [5.74, 6) is -1.11. The molecule has 1 fully saturated rings. The molecular weight excluding hydrogens is 295 g/mol. The number of urea groups is 1. The maximum atomic E-state index is 13.3. The van der Waals surface area contributed by atoms with Gasteiger partial charge >= 0.3 is 12.0 Å². The van der Waals surface area contributed by atoms with Crippen LogP contribution in [0.1, 0.15) is 18.9 Å². The summed E-state index contributed by atoms with van der Waals surface area (Å²) in [4.78, 5) is 25.0. The number of benzene rings is 1. The summed E-state index contributed by atoms with van der Waals surface area (Å²) >= 11 is 1.44. The van der Waals surface area contributed by atoms with Crippen molar-refractivity contribution >= 4 is 29.4 Å². The molecule has 0 bridgehead atoms. The highest BCUT2D eigenvalue weighted by Crippen LogP contribution is 2.32. The zero-order valence-electron chi connectivity index (χ0n) is 11.8. The maximum Gasteiger partial charge on any atom is 0.327 e. The summed E-state index contributed by atoms with van der Waals surface area (Å²) in [6.45, 7) is 3.65. The average Bonchev–Trinajstić information content (AvgIpc) is 2.87. The van der Waals surface area contributed by atoms with Gasteiger partial charge in [-0.05, 0) is 31.0 Å². The molecule has 1 saturated heterocycles. The smallest absolute Gasteiger partial charge is 0.327 e. The number of carboxylic acids is 1. The van der Waals surface area contributed by atoms with Gasteiger partial charge in [-0.1, -0.05) is 13.0 Å². The Hall–Kier alpha value is -1.76. The number of hydrogen-bond donors (Lipinski definition) is 2. The number of aryl methyl sites for hydroxylation is 1. The van der Waals surface area contributed by atoms with Crippen LogP contribution in [0.25, 0.3) is 0 Å². The number of anilines is 1. The predicted octanol–water partition coefficient (Wildman–Crippen LogP) is 2.90. The Bertz CT molecular complexity index is 567.